The van der Waals surface area contributed by atoms with Gasteiger partial charge in [0.1, 0.15) is 11.6 Å². The largest absolute Gasteiger partial charge is 0.497 e. The molecule has 1 aromatic heterocycles. The van der Waals surface area contributed by atoms with Gasteiger partial charge in [0.2, 0.25) is 0 Å². The molecule has 0 aliphatic rings. The van der Waals surface area contributed by atoms with E-state index in [0.717, 1.165) is 17.1 Å². The van der Waals surface area contributed by atoms with Gasteiger partial charge in [0.15, 0.2) is 0 Å². The van der Waals surface area contributed by atoms with E-state index in [0.29, 0.717) is 0 Å². The van der Waals surface area contributed by atoms with E-state index < -0.39 is 10.0 Å². The summed E-state index contributed by atoms with van der Waals surface area (Å²) in [5.41, 5.74) is 1.62. The van der Waals surface area contributed by atoms with Gasteiger partial charge in [-0.05, 0) is 48.5 Å². The summed E-state index contributed by atoms with van der Waals surface area (Å²) in [6.07, 6.45) is 1.56. The maximum atomic E-state index is 12.3. The predicted molar refractivity (Wildman–Crippen MR) is 97.8 cm³/mol. The first-order valence-electron chi connectivity index (χ1n) is 7.52. The molecule has 0 saturated carbocycles. The molecule has 3 aromatic rings. The van der Waals surface area contributed by atoms with Gasteiger partial charge < -0.3 is 10.1 Å². The number of rotatable bonds is 6. The normalized spacial score (nSPS) is 10.9. The van der Waals surface area contributed by atoms with Crippen molar-refractivity contribution >= 4 is 27.2 Å². The van der Waals surface area contributed by atoms with E-state index in [1.807, 2.05) is 24.3 Å². The Morgan fingerprint density at radius 1 is 0.880 bits per heavy atom. The van der Waals surface area contributed by atoms with E-state index in [1.54, 1.807) is 43.6 Å². The third kappa shape index (κ3) is 4.27. The summed E-state index contributed by atoms with van der Waals surface area (Å²) in [7, 11) is -2.03. The summed E-state index contributed by atoms with van der Waals surface area (Å²) in [6, 6.07) is 19.0. The van der Waals surface area contributed by atoms with Crippen LogP contribution in [0.3, 0.4) is 0 Å². The lowest BCUT2D eigenvalue weighted by Gasteiger charge is -2.09. The predicted octanol–water partition coefficient (Wildman–Crippen LogP) is 3.63. The highest BCUT2D eigenvalue weighted by Gasteiger charge is 2.13. The van der Waals surface area contributed by atoms with Crippen LogP contribution in [0.2, 0.25) is 0 Å². The third-order valence-corrected chi connectivity index (χ3v) is 4.81. The molecule has 1 heterocycles. The molecular weight excluding hydrogens is 338 g/mol. The smallest absolute Gasteiger partial charge is 0.263 e. The number of nitrogens with zero attached hydrogens (tertiary/aromatic N) is 1. The van der Waals surface area contributed by atoms with Gasteiger partial charge >= 0.3 is 0 Å². The highest BCUT2D eigenvalue weighted by atomic mass is 32.2. The fourth-order valence-corrected chi connectivity index (χ4v) is 3.19. The second-order valence-electron chi connectivity index (χ2n) is 5.20. The molecule has 0 bridgehead atoms. The highest BCUT2D eigenvalue weighted by molar-refractivity contribution is 7.92. The van der Waals surface area contributed by atoms with Crippen molar-refractivity contribution < 1.29 is 13.2 Å². The lowest BCUT2D eigenvalue weighted by molar-refractivity contribution is 0.415. The van der Waals surface area contributed by atoms with Crippen LogP contribution in [-0.2, 0) is 10.0 Å². The summed E-state index contributed by atoms with van der Waals surface area (Å²) >= 11 is 0. The summed E-state index contributed by atoms with van der Waals surface area (Å²) in [5.74, 6) is 1.03. The van der Waals surface area contributed by atoms with Gasteiger partial charge in [-0.15, -0.1) is 0 Å². The second kappa shape index (κ2) is 7.23. The summed E-state index contributed by atoms with van der Waals surface area (Å²) in [4.78, 5) is 4.33. The van der Waals surface area contributed by atoms with Crippen LogP contribution in [0.5, 0.6) is 5.75 Å². The SMILES string of the molecule is COc1ccc(Nc2ccc(NS(=O)(=O)c3ccccc3)nc2)cc1. The summed E-state index contributed by atoms with van der Waals surface area (Å²) in [6.45, 7) is 0. The van der Waals surface area contributed by atoms with Gasteiger partial charge in [-0.1, -0.05) is 18.2 Å². The maximum absolute atomic E-state index is 12.3. The second-order valence-corrected chi connectivity index (χ2v) is 6.89. The lowest BCUT2D eigenvalue weighted by Crippen LogP contribution is -2.13. The van der Waals surface area contributed by atoms with Crippen LogP contribution in [0.4, 0.5) is 17.2 Å². The van der Waals surface area contributed by atoms with E-state index in [-0.39, 0.29) is 10.7 Å². The average molecular weight is 355 g/mol. The van der Waals surface area contributed by atoms with Gasteiger partial charge in [-0.3, -0.25) is 4.72 Å². The Labute approximate surface area is 146 Å². The molecule has 0 spiro atoms. The fourth-order valence-electron chi connectivity index (χ4n) is 2.17. The molecule has 25 heavy (non-hydrogen) atoms. The van der Waals surface area contributed by atoms with Crippen molar-refractivity contribution in [2.24, 2.45) is 0 Å². The summed E-state index contributed by atoms with van der Waals surface area (Å²) < 4.78 is 32.1. The molecule has 0 atom stereocenters. The number of ether oxygens (including phenoxy) is 1. The molecule has 6 nitrogen and oxygen atoms in total. The van der Waals surface area contributed by atoms with Crippen LogP contribution in [0.25, 0.3) is 0 Å². The van der Waals surface area contributed by atoms with Gasteiger partial charge in [-0.25, -0.2) is 13.4 Å². The minimum Gasteiger partial charge on any atom is -0.497 e. The number of nitrogens with one attached hydrogen (secondary N) is 2. The third-order valence-electron chi connectivity index (χ3n) is 3.43. The van der Waals surface area contributed by atoms with Gasteiger partial charge in [-0.2, -0.15) is 0 Å². The average Bonchev–Trinajstić information content (AvgIpc) is 2.64. The molecule has 128 valence electrons. The minimum absolute atomic E-state index is 0.192. The van der Waals surface area contributed by atoms with Crippen molar-refractivity contribution in [3.8, 4) is 5.75 Å². The van der Waals surface area contributed by atoms with Gasteiger partial charge in [0, 0.05) is 5.69 Å². The zero-order chi connectivity index (χ0) is 17.7. The number of aromatic nitrogens is 1. The van der Waals surface area contributed by atoms with Gasteiger partial charge in [0.25, 0.3) is 10.0 Å². The first-order valence-corrected chi connectivity index (χ1v) is 9.00. The molecule has 2 aromatic carbocycles. The van der Waals surface area contributed by atoms with Crippen molar-refractivity contribution in [2.45, 2.75) is 4.90 Å². The number of pyridine rings is 1. The number of hydrogen-bond donors (Lipinski definition) is 2. The number of hydrogen-bond acceptors (Lipinski definition) is 5. The van der Waals surface area contributed by atoms with E-state index in [1.165, 1.54) is 12.1 Å². The van der Waals surface area contributed by atoms with E-state index in [9.17, 15) is 8.42 Å². The van der Waals surface area contributed by atoms with Crippen LogP contribution < -0.4 is 14.8 Å². The zero-order valence-electron chi connectivity index (χ0n) is 13.5. The first-order chi connectivity index (χ1) is 12.1. The van der Waals surface area contributed by atoms with E-state index in [4.69, 9.17) is 4.74 Å². The van der Waals surface area contributed by atoms with E-state index >= 15 is 0 Å². The minimum atomic E-state index is -3.64. The molecule has 7 heteroatoms. The standard InChI is InChI=1S/C18H17N3O3S/c1-24-16-10-7-14(8-11-16)20-15-9-12-18(19-13-15)21-25(22,23)17-5-3-2-4-6-17/h2-13,20H,1H3,(H,19,21). The Hall–Kier alpha value is -3.06. The molecule has 0 radical (unpaired) electrons. The Balaban J connectivity index is 1.69. The molecule has 3 rings (SSSR count). The van der Waals surface area contributed by atoms with Crippen LogP contribution in [0.15, 0.2) is 77.8 Å². The van der Waals surface area contributed by atoms with E-state index in [2.05, 4.69) is 15.0 Å². The molecule has 0 aliphatic carbocycles. The summed E-state index contributed by atoms with van der Waals surface area (Å²) in [5, 5.41) is 3.18. The van der Waals surface area contributed by atoms with Crippen molar-refractivity contribution in [1.82, 2.24) is 4.98 Å². The van der Waals surface area contributed by atoms with Gasteiger partial charge in [0.05, 0.1) is 23.9 Å². The van der Waals surface area contributed by atoms with Crippen molar-refractivity contribution in [1.29, 1.82) is 0 Å². The Morgan fingerprint density at radius 2 is 1.56 bits per heavy atom. The number of benzene rings is 2. The molecule has 0 fully saturated rings. The van der Waals surface area contributed by atoms with Crippen LogP contribution in [0, 0.1) is 0 Å². The molecule has 0 aliphatic heterocycles. The first kappa shape index (κ1) is 16.8. The molecule has 0 amide bonds. The monoisotopic (exact) mass is 355 g/mol. The highest BCUT2D eigenvalue weighted by Crippen LogP contribution is 2.21. The Kier molecular flexibility index (Phi) is 4.85. The number of sulfonamides is 1. The topological polar surface area (TPSA) is 80.3 Å². The molecular formula is C18H17N3O3S. The Morgan fingerprint density at radius 3 is 2.16 bits per heavy atom. The molecule has 0 unspecified atom stereocenters. The molecule has 2 N–H and O–H groups in total. The number of methoxy groups -OCH3 is 1. The Bertz CT molecular complexity index is 926. The van der Waals surface area contributed by atoms with Crippen molar-refractivity contribution in [2.75, 3.05) is 17.1 Å². The lowest BCUT2D eigenvalue weighted by atomic mass is 10.3. The number of anilines is 3. The quantitative estimate of drug-likeness (QED) is 0.706. The van der Waals surface area contributed by atoms with Crippen molar-refractivity contribution in [3.05, 3.63) is 72.9 Å². The van der Waals surface area contributed by atoms with Crippen LogP contribution in [-0.4, -0.2) is 20.5 Å². The van der Waals surface area contributed by atoms with Crippen LogP contribution in [0.1, 0.15) is 0 Å². The van der Waals surface area contributed by atoms with Crippen LogP contribution >= 0.6 is 0 Å². The maximum Gasteiger partial charge on any atom is 0.263 e. The zero-order valence-corrected chi connectivity index (χ0v) is 14.3. The molecule has 0 saturated heterocycles. The fraction of sp³-hybridized carbons (Fsp3) is 0.0556. The van der Waals surface area contributed by atoms with Crippen molar-refractivity contribution in [3.63, 3.8) is 0 Å².